The largest absolute Gasteiger partial charge is 0.379 e. The molecule has 2 N–H and O–H groups in total. The molecule has 1 aliphatic rings. The van der Waals surface area contributed by atoms with Crippen LogP contribution in [0.2, 0.25) is 0 Å². The molecule has 3 heteroatoms. The SMILES string of the molecule is CCCOCCOC1(CN)CCC(C)CC1. The van der Waals surface area contributed by atoms with Crippen LogP contribution in [0.3, 0.4) is 0 Å². The van der Waals surface area contributed by atoms with Crippen LogP contribution >= 0.6 is 0 Å². The highest BCUT2D eigenvalue weighted by atomic mass is 16.5. The van der Waals surface area contributed by atoms with E-state index in [1.165, 1.54) is 12.8 Å². The van der Waals surface area contributed by atoms with E-state index in [2.05, 4.69) is 13.8 Å². The maximum absolute atomic E-state index is 5.96. The van der Waals surface area contributed by atoms with Crippen molar-refractivity contribution in [3.8, 4) is 0 Å². The second-order valence-electron chi connectivity index (χ2n) is 5.03. The Morgan fingerprint density at radius 2 is 1.88 bits per heavy atom. The lowest BCUT2D eigenvalue weighted by molar-refractivity contribution is -0.0872. The van der Waals surface area contributed by atoms with Crippen LogP contribution in [0.5, 0.6) is 0 Å². The van der Waals surface area contributed by atoms with Gasteiger partial charge in [0.2, 0.25) is 0 Å². The minimum absolute atomic E-state index is 0.0535. The highest BCUT2D eigenvalue weighted by Gasteiger charge is 2.33. The summed E-state index contributed by atoms with van der Waals surface area (Å²) < 4.78 is 11.4. The summed E-state index contributed by atoms with van der Waals surface area (Å²) in [7, 11) is 0. The normalized spacial score (nSPS) is 30.6. The molecule has 0 aromatic rings. The average Bonchev–Trinajstić information content (AvgIpc) is 2.32. The van der Waals surface area contributed by atoms with Gasteiger partial charge in [-0.1, -0.05) is 13.8 Å². The van der Waals surface area contributed by atoms with Gasteiger partial charge in [-0.25, -0.2) is 0 Å². The summed E-state index contributed by atoms with van der Waals surface area (Å²) in [6, 6.07) is 0. The molecule has 0 saturated heterocycles. The zero-order valence-corrected chi connectivity index (χ0v) is 10.8. The zero-order chi connectivity index (χ0) is 11.9. The van der Waals surface area contributed by atoms with Crippen LogP contribution in [-0.2, 0) is 9.47 Å². The summed E-state index contributed by atoms with van der Waals surface area (Å²) in [5.74, 6) is 0.833. The summed E-state index contributed by atoms with van der Waals surface area (Å²) in [5.41, 5.74) is 5.81. The van der Waals surface area contributed by atoms with Crippen molar-refractivity contribution in [3.05, 3.63) is 0 Å². The fourth-order valence-corrected chi connectivity index (χ4v) is 2.26. The summed E-state index contributed by atoms with van der Waals surface area (Å²) in [5, 5.41) is 0. The number of ether oxygens (including phenoxy) is 2. The van der Waals surface area contributed by atoms with Gasteiger partial charge in [0.25, 0.3) is 0 Å². The van der Waals surface area contributed by atoms with Crippen LogP contribution in [0.25, 0.3) is 0 Å². The number of nitrogens with two attached hydrogens (primary N) is 1. The first-order chi connectivity index (χ1) is 7.72. The Morgan fingerprint density at radius 3 is 2.44 bits per heavy atom. The Balaban J connectivity index is 2.20. The predicted molar refractivity (Wildman–Crippen MR) is 66.5 cm³/mol. The summed E-state index contributed by atoms with van der Waals surface area (Å²) >= 11 is 0. The molecule has 16 heavy (non-hydrogen) atoms. The van der Waals surface area contributed by atoms with Crippen LogP contribution in [0.4, 0.5) is 0 Å². The van der Waals surface area contributed by atoms with Crippen molar-refractivity contribution in [2.75, 3.05) is 26.4 Å². The Kier molecular flexibility index (Phi) is 6.32. The van der Waals surface area contributed by atoms with Crippen molar-refractivity contribution in [2.24, 2.45) is 11.7 Å². The third-order valence-electron chi connectivity index (χ3n) is 3.54. The molecule has 0 radical (unpaired) electrons. The van der Waals surface area contributed by atoms with Crippen molar-refractivity contribution >= 4 is 0 Å². The van der Waals surface area contributed by atoms with Crippen LogP contribution in [-0.4, -0.2) is 32.0 Å². The van der Waals surface area contributed by atoms with Crippen LogP contribution < -0.4 is 5.73 Å². The molecule has 0 bridgehead atoms. The first kappa shape index (κ1) is 13.9. The van der Waals surface area contributed by atoms with Gasteiger partial charge in [0.05, 0.1) is 18.8 Å². The van der Waals surface area contributed by atoms with Crippen LogP contribution in [0, 0.1) is 5.92 Å². The predicted octanol–water partition coefficient (Wildman–Crippen LogP) is 2.34. The lowest BCUT2D eigenvalue weighted by Crippen LogP contribution is -2.44. The van der Waals surface area contributed by atoms with E-state index in [1.54, 1.807) is 0 Å². The van der Waals surface area contributed by atoms with Crippen molar-refractivity contribution in [1.82, 2.24) is 0 Å². The Hall–Kier alpha value is -0.120. The number of hydrogen-bond donors (Lipinski definition) is 1. The van der Waals surface area contributed by atoms with Crippen molar-refractivity contribution < 1.29 is 9.47 Å². The average molecular weight is 229 g/mol. The highest BCUT2D eigenvalue weighted by molar-refractivity contribution is 4.87. The van der Waals surface area contributed by atoms with Gasteiger partial charge < -0.3 is 15.2 Å². The maximum Gasteiger partial charge on any atom is 0.0805 e. The fraction of sp³-hybridized carbons (Fsp3) is 1.00. The molecule has 0 atom stereocenters. The summed E-state index contributed by atoms with van der Waals surface area (Å²) in [4.78, 5) is 0. The molecular weight excluding hydrogens is 202 g/mol. The second kappa shape index (κ2) is 7.25. The third-order valence-corrected chi connectivity index (χ3v) is 3.54. The lowest BCUT2D eigenvalue weighted by atomic mass is 9.79. The molecule has 3 nitrogen and oxygen atoms in total. The smallest absolute Gasteiger partial charge is 0.0805 e. The molecule has 1 aliphatic carbocycles. The van der Waals surface area contributed by atoms with Gasteiger partial charge in [-0.3, -0.25) is 0 Å². The van der Waals surface area contributed by atoms with E-state index >= 15 is 0 Å². The molecule has 96 valence electrons. The second-order valence-corrected chi connectivity index (χ2v) is 5.03. The molecule has 1 rings (SSSR count). The van der Waals surface area contributed by atoms with Gasteiger partial charge in [-0.2, -0.15) is 0 Å². The third kappa shape index (κ3) is 4.40. The Bertz CT molecular complexity index is 177. The quantitative estimate of drug-likeness (QED) is 0.681. The van der Waals surface area contributed by atoms with Crippen LogP contribution in [0.15, 0.2) is 0 Å². The first-order valence-electron chi connectivity index (χ1n) is 6.64. The molecular formula is C13H27NO2. The molecule has 1 saturated carbocycles. The Labute approximate surface area is 99.7 Å². The highest BCUT2D eigenvalue weighted by Crippen LogP contribution is 2.33. The molecule has 0 aromatic carbocycles. The Morgan fingerprint density at radius 1 is 1.19 bits per heavy atom. The number of rotatable bonds is 7. The van der Waals surface area contributed by atoms with E-state index in [9.17, 15) is 0 Å². The summed E-state index contributed by atoms with van der Waals surface area (Å²) in [6.07, 6.45) is 5.77. The van der Waals surface area contributed by atoms with Crippen molar-refractivity contribution in [2.45, 2.75) is 51.6 Å². The molecule has 0 heterocycles. The van der Waals surface area contributed by atoms with E-state index in [0.717, 1.165) is 31.8 Å². The monoisotopic (exact) mass is 229 g/mol. The van der Waals surface area contributed by atoms with Crippen LogP contribution in [0.1, 0.15) is 46.0 Å². The summed E-state index contributed by atoms with van der Waals surface area (Å²) in [6.45, 7) is 7.29. The molecule has 0 aliphatic heterocycles. The van der Waals surface area contributed by atoms with E-state index in [4.69, 9.17) is 15.2 Å². The molecule has 0 amide bonds. The van der Waals surface area contributed by atoms with Gasteiger partial charge in [0.1, 0.15) is 0 Å². The van der Waals surface area contributed by atoms with Gasteiger partial charge >= 0.3 is 0 Å². The topological polar surface area (TPSA) is 44.5 Å². The zero-order valence-electron chi connectivity index (χ0n) is 10.8. The van der Waals surface area contributed by atoms with Gasteiger partial charge in [-0.15, -0.1) is 0 Å². The van der Waals surface area contributed by atoms with E-state index in [-0.39, 0.29) is 5.60 Å². The molecule has 0 aromatic heterocycles. The number of hydrogen-bond acceptors (Lipinski definition) is 3. The van der Waals surface area contributed by atoms with Crippen molar-refractivity contribution in [3.63, 3.8) is 0 Å². The fourth-order valence-electron chi connectivity index (χ4n) is 2.26. The van der Waals surface area contributed by atoms with E-state index < -0.39 is 0 Å². The minimum atomic E-state index is -0.0535. The van der Waals surface area contributed by atoms with Crippen molar-refractivity contribution in [1.29, 1.82) is 0 Å². The van der Waals surface area contributed by atoms with Gasteiger partial charge in [0.15, 0.2) is 0 Å². The van der Waals surface area contributed by atoms with E-state index in [1.807, 2.05) is 0 Å². The minimum Gasteiger partial charge on any atom is -0.379 e. The molecule has 1 fully saturated rings. The van der Waals surface area contributed by atoms with Gasteiger partial charge in [0, 0.05) is 13.2 Å². The lowest BCUT2D eigenvalue weighted by Gasteiger charge is -2.38. The molecule has 0 unspecified atom stereocenters. The maximum atomic E-state index is 5.96. The van der Waals surface area contributed by atoms with E-state index in [0.29, 0.717) is 19.8 Å². The van der Waals surface area contributed by atoms with Gasteiger partial charge in [-0.05, 0) is 38.0 Å². The molecule has 0 spiro atoms. The standard InChI is InChI=1S/C13H27NO2/c1-3-8-15-9-10-16-13(11-14)6-4-12(2)5-7-13/h12H,3-11,14H2,1-2H3. The first-order valence-corrected chi connectivity index (χ1v) is 6.64.